The van der Waals surface area contributed by atoms with Crippen molar-refractivity contribution in [2.75, 3.05) is 13.1 Å². The van der Waals surface area contributed by atoms with Gasteiger partial charge in [-0.3, -0.25) is 33.6 Å². The molecule has 8 aliphatic carbocycles. The van der Waals surface area contributed by atoms with E-state index in [0.717, 1.165) is 70.6 Å². The van der Waals surface area contributed by atoms with Crippen molar-refractivity contribution in [2.45, 2.75) is 121 Å². The maximum Gasteiger partial charge on any atom is 0.305 e. The molecule has 8 saturated carbocycles. The lowest BCUT2D eigenvalue weighted by atomic mass is 9.46. The Morgan fingerprint density at radius 2 is 1.22 bits per heavy atom. The van der Waals surface area contributed by atoms with Crippen LogP contribution in [-0.2, 0) is 33.6 Å². The lowest BCUT2D eigenvalue weighted by Crippen LogP contribution is -2.67. The molecule has 8 N–H and O–H groups in total. The number of carbonyl (C=O) groups excluding carboxylic acids is 6. The molecule has 14 heteroatoms. The number of hydrogen-bond acceptors (Lipinski definition) is 7. The van der Waals surface area contributed by atoms with E-state index in [0.29, 0.717) is 42.4 Å². The Labute approximate surface area is 292 Å². The van der Waals surface area contributed by atoms with Crippen LogP contribution < -0.4 is 32.3 Å². The van der Waals surface area contributed by atoms with Crippen LogP contribution in [0.5, 0.6) is 0 Å². The quantitative estimate of drug-likeness (QED) is 0.130. The summed E-state index contributed by atoms with van der Waals surface area (Å²) in [5.41, 5.74) is 4.17. The minimum atomic E-state index is -1.34. The number of nitrogens with one attached hydrogen (secondary N) is 5. The van der Waals surface area contributed by atoms with Crippen LogP contribution in [-0.4, -0.2) is 77.2 Å². The van der Waals surface area contributed by atoms with Gasteiger partial charge >= 0.3 is 5.97 Å². The maximum atomic E-state index is 13.6. The molecule has 0 aromatic heterocycles. The molecule has 0 aromatic carbocycles. The summed E-state index contributed by atoms with van der Waals surface area (Å²) in [5.74, 6) is -2.02. The van der Waals surface area contributed by atoms with Crippen molar-refractivity contribution in [2.24, 2.45) is 52.1 Å². The monoisotopic (exact) mass is 698 g/mol. The first-order valence-corrected chi connectivity index (χ1v) is 18.5. The largest absolute Gasteiger partial charge is 0.481 e. The Morgan fingerprint density at radius 3 is 1.76 bits per heavy atom. The van der Waals surface area contributed by atoms with E-state index in [1.54, 1.807) is 0 Å². The molecule has 8 fully saturated rings. The van der Waals surface area contributed by atoms with E-state index in [-0.39, 0.29) is 23.6 Å². The molecule has 8 aliphatic rings. The third kappa shape index (κ3) is 7.63. The van der Waals surface area contributed by atoms with Crippen LogP contribution in [0, 0.1) is 46.3 Å². The first kappa shape index (κ1) is 36.1. The van der Waals surface area contributed by atoms with Gasteiger partial charge in [-0.15, -0.1) is 0 Å². The SMILES string of the molecule is CC(C)C[C@H](NC(=O)CNC(=O)CNC(=O)[C@H](CC(=O)O)NC(=O)C12CC3CC(CC(C3)C1)C2)C(=O)N[C@@]12CC3C[C@H](C1)C[C@](C(N)=O)(C3)C2. The van der Waals surface area contributed by atoms with Crippen LogP contribution in [0.1, 0.15) is 104 Å². The molecule has 8 rings (SSSR count). The minimum absolute atomic E-state index is 0.0753. The highest BCUT2D eigenvalue weighted by molar-refractivity contribution is 5.95. The van der Waals surface area contributed by atoms with Crippen molar-refractivity contribution in [1.29, 1.82) is 0 Å². The third-order valence-corrected chi connectivity index (χ3v) is 12.7. The van der Waals surface area contributed by atoms with E-state index in [1.807, 2.05) is 13.8 Å². The molecule has 6 atom stereocenters. The van der Waals surface area contributed by atoms with Crippen LogP contribution in [0.4, 0.5) is 0 Å². The van der Waals surface area contributed by atoms with Crippen molar-refractivity contribution in [3.05, 3.63) is 0 Å². The molecule has 0 aliphatic heterocycles. The Balaban J connectivity index is 0.981. The Bertz CT molecular complexity index is 1380. The summed E-state index contributed by atoms with van der Waals surface area (Å²) in [6.45, 7) is 2.90. The number of nitrogens with two attached hydrogens (primary N) is 1. The highest BCUT2D eigenvalue weighted by Crippen LogP contribution is 2.62. The third-order valence-electron chi connectivity index (χ3n) is 12.7. The minimum Gasteiger partial charge on any atom is -0.481 e. The highest BCUT2D eigenvalue weighted by Gasteiger charge is 2.61. The molecular formula is C36H54N6O8. The molecule has 8 bridgehead atoms. The number of carboxylic acids is 1. The zero-order valence-corrected chi connectivity index (χ0v) is 29.3. The number of hydrogen-bond donors (Lipinski definition) is 7. The molecule has 1 unspecified atom stereocenters. The zero-order valence-electron chi connectivity index (χ0n) is 29.3. The van der Waals surface area contributed by atoms with E-state index in [2.05, 4.69) is 26.6 Å². The standard InChI is InChI=1S/C36H54N6O8/c1-19(2)3-25(31(48)42-36-14-23-7-24(15-36)13-35(12-23,18-36)32(37)49)40-28(44)17-38-27(43)16-39-30(47)26(8-29(45)46)41-33(50)34-9-20-4-21(10-34)6-22(5-20)11-34/h19-26H,3-18H2,1-2H3,(H2,37,49)(H,38,43)(H,39,47)(H,40,44)(H,41,50)(H,42,48)(H,45,46)/t20?,21?,22?,23-,24?,25-,26-,34?,35-,36+/m0/s1. The molecule has 14 nitrogen and oxygen atoms in total. The van der Waals surface area contributed by atoms with Gasteiger partial charge in [0.15, 0.2) is 0 Å². The fourth-order valence-electron chi connectivity index (χ4n) is 11.6. The highest BCUT2D eigenvalue weighted by atomic mass is 16.4. The number of rotatable bonds is 15. The van der Waals surface area contributed by atoms with Crippen LogP contribution in [0.2, 0.25) is 0 Å². The van der Waals surface area contributed by atoms with Gasteiger partial charge in [-0.1, -0.05) is 13.8 Å². The van der Waals surface area contributed by atoms with Gasteiger partial charge < -0.3 is 37.4 Å². The Hall–Kier alpha value is -3.71. The lowest BCUT2D eigenvalue weighted by molar-refractivity contribution is -0.151. The molecule has 0 spiro atoms. The summed E-state index contributed by atoms with van der Waals surface area (Å²) < 4.78 is 0. The van der Waals surface area contributed by atoms with E-state index in [1.165, 1.54) is 0 Å². The molecule has 50 heavy (non-hydrogen) atoms. The molecule has 0 radical (unpaired) electrons. The van der Waals surface area contributed by atoms with Crippen molar-refractivity contribution < 1.29 is 38.7 Å². The Kier molecular flexibility index (Phi) is 9.95. The van der Waals surface area contributed by atoms with Gasteiger partial charge in [-0.2, -0.15) is 0 Å². The number of amides is 6. The normalized spacial score (nSPS) is 35.5. The first-order valence-electron chi connectivity index (χ1n) is 18.5. The second-order valence-corrected chi connectivity index (χ2v) is 17.4. The van der Waals surface area contributed by atoms with Crippen LogP contribution >= 0.6 is 0 Å². The number of primary amides is 1. The van der Waals surface area contributed by atoms with Crippen LogP contribution in [0.25, 0.3) is 0 Å². The van der Waals surface area contributed by atoms with E-state index >= 15 is 0 Å². The fourth-order valence-corrected chi connectivity index (χ4v) is 11.6. The second kappa shape index (κ2) is 13.8. The number of carbonyl (C=O) groups is 7. The number of carboxylic acid groups (broad SMARTS) is 1. The summed E-state index contributed by atoms with van der Waals surface area (Å²) in [6, 6.07) is -2.20. The lowest BCUT2D eigenvalue weighted by Gasteiger charge is -2.61. The van der Waals surface area contributed by atoms with Gasteiger partial charge in [0.05, 0.1) is 24.9 Å². The van der Waals surface area contributed by atoms with Crippen molar-refractivity contribution in [3.8, 4) is 0 Å². The average Bonchev–Trinajstić information content (AvgIpc) is 3.00. The zero-order chi connectivity index (χ0) is 36.0. The fraction of sp³-hybridized carbons (Fsp3) is 0.806. The van der Waals surface area contributed by atoms with Crippen molar-refractivity contribution >= 4 is 41.4 Å². The van der Waals surface area contributed by atoms with Gasteiger partial charge in [0, 0.05) is 11.0 Å². The van der Waals surface area contributed by atoms with E-state index in [9.17, 15) is 38.7 Å². The molecule has 276 valence electrons. The molecule has 6 amide bonds. The van der Waals surface area contributed by atoms with Gasteiger partial charge in [0.1, 0.15) is 12.1 Å². The Morgan fingerprint density at radius 1 is 0.680 bits per heavy atom. The predicted octanol–water partition coefficient (Wildman–Crippen LogP) is 0.866. The molecular weight excluding hydrogens is 644 g/mol. The summed E-state index contributed by atoms with van der Waals surface area (Å²) in [5, 5.41) is 22.9. The van der Waals surface area contributed by atoms with E-state index < -0.39 is 71.7 Å². The summed E-state index contributed by atoms with van der Waals surface area (Å²) in [7, 11) is 0. The van der Waals surface area contributed by atoms with Gasteiger partial charge in [0.2, 0.25) is 35.4 Å². The predicted molar refractivity (Wildman–Crippen MR) is 179 cm³/mol. The van der Waals surface area contributed by atoms with Gasteiger partial charge in [-0.25, -0.2) is 0 Å². The smallest absolute Gasteiger partial charge is 0.305 e. The van der Waals surface area contributed by atoms with Crippen molar-refractivity contribution in [1.82, 2.24) is 26.6 Å². The van der Waals surface area contributed by atoms with Crippen molar-refractivity contribution in [3.63, 3.8) is 0 Å². The topological polar surface area (TPSA) is 226 Å². The molecule has 0 heterocycles. The molecule has 0 aromatic rings. The summed E-state index contributed by atoms with van der Waals surface area (Å²) in [4.78, 5) is 89.7. The first-order chi connectivity index (χ1) is 23.6. The second-order valence-electron chi connectivity index (χ2n) is 17.4. The van der Waals surface area contributed by atoms with Gasteiger partial charge in [-0.05, 0) is 119 Å². The maximum absolute atomic E-state index is 13.6. The van der Waals surface area contributed by atoms with Gasteiger partial charge in [0.25, 0.3) is 0 Å². The van der Waals surface area contributed by atoms with Crippen LogP contribution in [0.3, 0.4) is 0 Å². The summed E-state index contributed by atoms with van der Waals surface area (Å²) >= 11 is 0. The van der Waals surface area contributed by atoms with E-state index in [4.69, 9.17) is 5.73 Å². The summed E-state index contributed by atoms with van der Waals surface area (Å²) in [6.07, 6.45) is 10.1. The number of aliphatic carboxylic acids is 1. The molecule has 0 saturated heterocycles. The van der Waals surface area contributed by atoms with Crippen LogP contribution in [0.15, 0.2) is 0 Å². The average molecular weight is 699 g/mol.